The smallest absolute Gasteiger partial charge is 0.166 e. The quantitative estimate of drug-likeness (QED) is 0.693. The van der Waals surface area contributed by atoms with Gasteiger partial charge < -0.3 is 18.9 Å². The first-order chi connectivity index (χ1) is 11.6. The van der Waals surface area contributed by atoms with Gasteiger partial charge in [-0.05, 0) is 24.6 Å². The zero-order valence-electron chi connectivity index (χ0n) is 14.4. The van der Waals surface area contributed by atoms with E-state index in [0.29, 0.717) is 41.4 Å². The van der Waals surface area contributed by atoms with Crippen LogP contribution < -0.4 is 18.9 Å². The molecule has 0 radical (unpaired) electrons. The molecule has 2 aromatic carbocycles. The molecule has 0 aliphatic carbocycles. The van der Waals surface area contributed by atoms with E-state index in [1.807, 2.05) is 18.2 Å². The zero-order chi connectivity index (χ0) is 17.5. The van der Waals surface area contributed by atoms with E-state index in [9.17, 15) is 4.79 Å². The number of ether oxygens (including phenoxy) is 4. The van der Waals surface area contributed by atoms with E-state index >= 15 is 0 Å². The van der Waals surface area contributed by atoms with Gasteiger partial charge in [-0.2, -0.15) is 0 Å². The molecule has 0 atom stereocenters. The van der Waals surface area contributed by atoms with Crippen molar-refractivity contribution in [3.8, 4) is 23.0 Å². The Kier molecular flexibility index (Phi) is 6.07. The fourth-order valence-electron chi connectivity index (χ4n) is 2.58. The van der Waals surface area contributed by atoms with Gasteiger partial charge in [-0.15, -0.1) is 0 Å². The molecular weight excluding hydrogens is 308 g/mol. The molecule has 0 spiro atoms. The summed E-state index contributed by atoms with van der Waals surface area (Å²) in [6, 6.07) is 10.8. The number of hydrogen-bond donors (Lipinski definition) is 0. The summed E-state index contributed by atoms with van der Waals surface area (Å²) in [4.78, 5) is 12.5. The summed E-state index contributed by atoms with van der Waals surface area (Å²) >= 11 is 0. The number of hydrogen-bond acceptors (Lipinski definition) is 5. The number of benzene rings is 2. The van der Waals surface area contributed by atoms with Gasteiger partial charge in [-0.25, -0.2) is 0 Å². The number of carbonyl (C=O) groups is 1. The third-order valence-electron chi connectivity index (χ3n) is 3.79. The number of aryl methyl sites for hydroxylation is 1. The maximum absolute atomic E-state index is 12.5. The average molecular weight is 330 g/mol. The third-order valence-corrected chi connectivity index (χ3v) is 3.79. The van der Waals surface area contributed by atoms with Gasteiger partial charge in [0.1, 0.15) is 11.5 Å². The Morgan fingerprint density at radius 2 is 1.58 bits per heavy atom. The SMILES string of the molecule is COc1cc(CCC(=O)c2ccccc2OC)c(OC)c(OC)c1. The third kappa shape index (κ3) is 3.79. The number of methoxy groups -OCH3 is 4. The van der Waals surface area contributed by atoms with Gasteiger partial charge in [0.25, 0.3) is 0 Å². The lowest BCUT2D eigenvalue weighted by molar-refractivity contribution is 0.0979. The Balaban J connectivity index is 2.23. The fraction of sp³-hybridized carbons (Fsp3) is 0.316. The number of rotatable bonds is 8. The maximum Gasteiger partial charge on any atom is 0.166 e. The van der Waals surface area contributed by atoms with E-state index in [1.165, 1.54) is 0 Å². The van der Waals surface area contributed by atoms with E-state index in [0.717, 1.165) is 5.56 Å². The molecule has 0 saturated heterocycles. The van der Waals surface area contributed by atoms with E-state index in [4.69, 9.17) is 18.9 Å². The molecule has 0 heterocycles. The molecule has 0 fully saturated rings. The molecule has 128 valence electrons. The van der Waals surface area contributed by atoms with Crippen LogP contribution in [-0.4, -0.2) is 34.2 Å². The zero-order valence-corrected chi connectivity index (χ0v) is 14.4. The number of carbonyl (C=O) groups excluding carboxylic acids is 1. The van der Waals surface area contributed by atoms with Crippen molar-refractivity contribution in [1.82, 2.24) is 0 Å². The molecule has 2 aromatic rings. The van der Waals surface area contributed by atoms with Crippen molar-refractivity contribution in [3.05, 3.63) is 47.5 Å². The first kappa shape index (κ1) is 17.7. The van der Waals surface area contributed by atoms with E-state index < -0.39 is 0 Å². The van der Waals surface area contributed by atoms with Crippen LogP contribution in [0.25, 0.3) is 0 Å². The molecular formula is C19H22O5. The molecule has 0 aromatic heterocycles. The Morgan fingerprint density at radius 3 is 2.21 bits per heavy atom. The summed E-state index contributed by atoms with van der Waals surface area (Å²) in [7, 11) is 6.30. The van der Waals surface area contributed by atoms with Crippen molar-refractivity contribution in [1.29, 1.82) is 0 Å². The minimum Gasteiger partial charge on any atom is -0.497 e. The van der Waals surface area contributed by atoms with E-state index in [1.54, 1.807) is 46.6 Å². The molecule has 0 N–H and O–H groups in total. The van der Waals surface area contributed by atoms with Gasteiger partial charge in [-0.3, -0.25) is 4.79 Å². The summed E-state index contributed by atoms with van der Waals surface area (Å²) in [5, 5.41) is 0. The standard InChI is InChI=1S/C19H22O5/c1-21-14-11-13(19(24-4)18(12-14)23-3)9-10-16(20)15-7-5-6-8-17(15)22-2/h5-8,11-12H,9-10H2,1-4H3. The van der Waals surface area contributed by atoms with E-state index in [2.05, 4.69) is 0 Å². The van der Waals surface area contributed by atoms with Gasteiger partial charge in [0.2, 0.25) is 0 Å². The van der Waals surface area contributed by atoms with Crippen molar-refractivity contribution in [2.75, 3.05) is 28.4 Å². The van der Waals surface area contributed by atoms with Gasteiger partial charge in [0.05, 0.1) is 34.0 Å². The van der Waals surface area contributed by atoms with Crippen molar-refractivity contribution in [3.63, 3.8) is 0 Å². The highest BCUT2D eigenvalue weighted by Crippen LogP contribution is 2.36. The highest BCUT2D eigenvalue weighted by Gasteiger charge is 2.16. The van der Waals surface area contributed by atoms with Crippen LogP contribution in [0.2, 0.25) is 0 Å². The number of para-hydroxylation sites is 1. The number of Topliss-reactive ketones (excluding diaryl/α,β-unsaturated/α-hetero) is 1. The largest absolute Gasteiger partial charge is 0.497 e. The molecule has 5 nitrogen and oxygen atoms in total. The van der Waals surface area contributed by atoms with Crippen LogP contribution in [0.3, 0.4) is 0 Å². The van der Waals surface area contributed by atoms with Crippen LogP contribution in [0.1, 0.15) is 22.3 Å². The Hall–Kier alpha value is -2.69. The Bertz CT molecular complexity index is 709. The van der Waals surface area contributed by atoms with Gasteiger partial charge in [0, 0.05) is 18.1 Å². The average Bonchev–Trinajstić information content (AvgIpc) is 2.64. The van der Waals surface area contributed by atoms with Gasteiger partial charge >= 0.3 is 0 Å². The lowest BCUT2D eigenvalue weighted by atomic mass is 10.0. The topological polar surface area (TPSA) is 54.0 Å². The van der Waals surface area contributed by atoms with Crippen molar-refractivity contribution in [2.24, 2.45) is 0 Å². The minimum absolute atomic E-state index is 0.0105. The van der Waals surface area contributed by atoms with Crippen LogP contribution in [0.5, 0.6) is 23.0 Å². The summed E-state index contributed by atoms with van der Waals surface area (Å²) in [6.07, 6.45) is 0.834. The first-order valence-corrected chi connectivity index (χ1v) is 7.59. The second kappa shape index (κ2) is 8.24. The van der Waals surface area contributed by atoms with Crippen molar-refractivity contribution < 1.29 is 23.7 Å². The van der Waals surface area contributed by atoms with Crippen LogP contribution in [0, 0.1) is 0 Å². The predicted octanol–water partition coefficient (Wildman–Crippen LogP) is 3.54. The van der Waals surface area contributed by atoms with Crippen LogP contribution in [0.4, 0.5) is 0 Å². The normalized spacial score (nSPS) is 10.2. The van der Waals surface area contributed by atoms with Crippen LogP contribution in [0.15, 0.2) is 36.4 Å². The first-order valence-electron chi connectivity index (χ1n) is 7.59. The second-order valence-electron chi connectivity index (χ2n) is 5.15. The van der Waals surface area contributed by atoms with Gasteiger partial charge in [-0.1, -0.05) is 12.1 Å². The molecule has 0 unspecified atom stereocenters. The maximum atomic E-state index is 12.5. The monoisotopic (exact) mass is 330 g/mol. The highest BCUT2D eigenvalue weighted by molar-refractivity contribution is 5.98. The molecule has 0 aliphatic heterocycles. The van der Waals surface area contributed by atoms with Crippen LogP contribution >= 0.6 is 0 Å². The lowest BCUT2D eigenvalue weighted by Gasteiger charge is -2.15. The van der Waals surface area contributed by atoms with Gasteiger partial charge in [0.15, 0.2) is 17.3 Å². The van der Waals surface area contributed by atoms with Crippen LogP contribution in [-0.2, 0) is 6.42 Å². The number of ketones is 1. The summed E-state index contributed by atoms with van der Waals surface area (Å²) in [6.45, 7) is 0. The minimum atomic E-state index is 0.0105. The van der Waals surface area contributed by atoms with Crippen molar-refractivity contribution >= 4 is 5.78 Å². The predicted molar refractivity (Wildman–Crippen MR) is 91.7 cm³/mol. The molecule has 0 amide bonds. The summed E-state index contributed by atoms with van der Waals surface area (Å²) < 4.78 is 21.3. The van der Waals surface area contributed by atoms with E-state index in [-0.39, 0.29) is 5.78 Å². The highest BCUT2D eigenvalue weighted by atomic mass is 16.5. The fourth-order valence-corrected chi connectivity index (χ4v) is 2.58. The Morgan fingerprint density at radius 1 is 0.875 bits per heavy atom. The molecule has 24 heavy (non-hydrogen) atoms. The van der Waals surface area contributed by atoms with Crippen molar-refractivity contribution in [2.45, 2.75) is 12.8 Å². The second-order valence-corrected chi connectivity index (χ2v) is 5.15. The molecule has 2 rings (SSSR count). The Labute approximate surface area is 142 Å². The molecule has 0 aliphatic rings. The lowest BCUT2D eigenvalue weighted by Crippen LogP contribution is -2.05. The summed E-state index contributed by atoms with van der Waals surface area (Å²) in [5.74, 6) is 2.45. The summed E-state index contributed by atoms with van der Waals surface area (Å²) in [5.41, 5.74) is 1.44. The molecule has 0 saturated carbocycles. The molecule has 5 heteroatoms. The molecule has 0 bridgehead atoms.